The molecule has 1 amide bonds. The molecular weight excluding hydrogens is 220 g/mol. The van der Waals surface area contributed by atoms with E-state index in [2.05, 4.69) is 18.7 Å². The van der Waals surface area contributed by atoms with Gasteiger partial charge in [0.25, 0.3) is 5.91 Å². The van der Waals surface area contributed by atoms with E-state index in [1.807, 2.05) is 13.8 Å². The Hall–Kier alpha value is -0.640. The van der Waals surface area contributed by atoms with Crippen LogP contribution in [0.3, 0.4) is 0 Å². The highest BCUT2D eigenvalue weighted by Crippen LogP contribution is 2.45. The highest BCUT2D eigenvalue weighted by Gasteiger charge is 2.59. The monoisotopic (exact) mass is 240 g/mol. The molecule has 16 heavy (non-hydrogen) atoms. The highest BCUT2D eigenvalue weighted by atomic mass is 32.1. The summed E-state index contributed by atoms with van der Waals surface area (Å²) in [5, 5.41) is 0.731. The maximum atomic E-state index is 12.5. The summed E-state index contributed by atoms with van der Waals surface area (Å²) in [4.78, 5) is 16.4. The normalized spacial score (nSPS) is 23.9. The lowest BCUT2D eigenvalue weighted by molar-refractivity contribution is -0.138. The van der Waals surface area contributed by atoms with E-state index in [1.54, 1.807) is 4.90 Å². The van der Waals surface area contributed by atoms with Gasteiger partial charge < -0.3 is 4.90 Å². The van der Waals surface area contributed by atoms with Crippen molar-refractivity contribution in [3.05, 3.63) is 0 Å². The lowest BCUT2D eigenvalue weighted by Gasteiger charge is -2.45. The number of rotatable bonds is 2. The second kappa shape index (κ2) is 3.69. The van der Waals surface area contributed by atoms with Crippen molar-refractivity contribution in [2.24, 2.45) is 0 Å². The summed E-state index contributed by atoms with van der Waals surface area (Å²) in [6.07, 6.45) is 3.07. The summed E-state index contributed by atoms with van der Waals surface area (Å²) >= 11 is 5.47. The molecule has 4 heteroatoms. The Morgan fingerprint density at radius 1 is 1.19 bits per heavy atom. The Labute approximate surface area is 103 Å². The van der Waals surface area contributed by atoms with Crippen LogP contribution in [-0.2, 0) is 4.79 Å². The third-order valence-corrected chi connectivity index (χ3v) is 4.10. The van der Waals surface area contributed by atoms with E-state index in [4.69, 9.17) is 12.2 Å². The molecule has 0 N–H and O–H groups in total. The molecule has 1 saturated carbocycles. The fraction of sp³-hybridized carbons (Fsp3) is 0.833. The number of amides is 1. The molecule has 1 aliphatic heterocycles. The first-order valence-corrected chi connectivity index (χ1v) is 6.49. The molecule has 1 saturated heterocycles. The second-order valence-corrected chi connectivity index (χ2v) is 5.77. The summed E-state index contributed by atoms with van der Waals surface area (Å²) < 4.78 is 0. The van der Waals surface area contributed by atoms with Crippen LogP contribution in [0.4, 0.5) is 0 Å². The molecule has 1 heterocycles. The van der Waals surface area contributed by atoms with Crippen molar-refractivity contribution in [3.63, 3.8) is 0 Å². The van der Waals surface area contributed by atoms with Crippen LogP contribution >= 0.6 is 12.2 Å². The average molecular weight is 240 g/mol. The first kappa shape index (κ1) is 11.8. The maximum Gasteiger partial charge on any atom is 0.254 e. The van der Waals surface area contributed by atoms with Gasteiger partial charge in [-0.3, -0.25) is 9.69 Å². The number of carbonyl (C=O) groups is 1. The molecule has 0 aromatic carbocycles. The van der Waals surface area contributed by atoms with Crippen LogP contribution in [0.2, 0.25) is 0 Å². The van der Waals surface area contributed by atoms with Gasteiger partial charge in [-0.05, 0) is 59.2 Å². The van der Waals surface area contributed by atoms with E-state index in [9.17, 15) is 4.79 Å². The van der Waals surface area contributed by atoms with Crippen LogP contribution < -0.4 is 0 Å². The zero-order chi connectivity index (χ0) is 12.1. The molecule has 0 unspecified atom stereocenters. The maximum absolute atomic E-state index is 12.5. The van der Waals surface area contributed by atoms with Gasteiger partial charge in [-0.1, -0.05) is 0 Å². The number of thiocarbonyl (C=S) groups is 1. The molecule has 90 valence electrons. The fourth-order valence-electron chi connectivity index (χ4n) is 2.85. The topological polar surface area (TPSA) is 23.6 Å². The lowest BCUT2D eigenvalue weighted by atomic mass is 9.75. The van der Waals surface area contributed by atoms with E-state index < -0.39 is 0 Å². The molecule has 3 nitrogen and oxygen atoms in total. The Bertz CT molecular complexity index is 334. The van der Waals surface area contributed by atoms with E-state index in [1.165, 1.54) is 0 Å². The zero-order valence-electron chi connectivity index (χ0n) is 10.5. The van der Waals surface area contributed by atoms with Crippen LogP contribution in [0.1, 0.15) is 47.0 Å². The van der Waals surface area contributed by atoms with E-state index >= 15 is 0 Å². The molecule has 2 aliphatic rings. The summed E-state index contributed by atoms with van der Waals surface area (Å²) in [5.41, 5.74) is -0.282. The van der Waals surface area contributed by atoms with Crippen molar-refractivity contribution < 1.29 is 4.79 Å². The van der Waals surface area contributed by atoms with E-state index in [0.717, 1.165) is 24.4 Å². The van der Waals surface area contributed by atoms with Crippen molar-refractivity contribution in [1.82, 2.24) is 9.80 Å². The molecule has 0 aromatic rings. The molecule has 2 rings (SSSR count). The Morgan fingerprint density at radius 3 is 2.00 bits per heavy atom. The van der Waals surface area contributed by atoms with Crippen LogP contribution in [0.5, 0.6) is 0 Å². The molecule has 0 bridgehead atoms. The first-order chi connectivity index (χ1) is 7.42. The van der Waals surface area contributed by atoms with Gasteiger partial charge in [0, 0.05) is 12.1 Å². The number of hydrogen-bond donors (Lipinski definition) is 0. The highest BCUT2D eigenvalue weighted by molar-refractivity contribution is 7.80. The number of carbonyl (C=O) groups excluding carboxylic acids is 1. The largest absolute Gasteiger partial charge is 0.332 e. The summed E-state index contributed by atoms with van der Waals surface area (Å²) in [7, 11) is 0. The zero-order valence-corrected chi connectivity index (χ0v) is 11.3. The van der Waals surface area contributed by atoms with Crippen molar-refractivity contribution >= 4 is 23.2 Å². The quantitative estimate of drug-likeness (QED) is 0.691. The SMILES string of the molecule is CC(C)N1C(=O)C2(CCC2)N(C(C)C)C1=S. The smallest absolute Gasteiger partial charge is 0.254 e. The lowest BCUT2D eigenvalue weighted by Crippen LogP contribution is -2.57. The Balaban J connectivity index is 2.38. The van der Waals surface area contributed by atoms with Gasteiger partial charge in [-0.2, -0.15) is 0 Å². The van der Waals surface area contributed by atoms with Gasteiger partial charge in [0.05, 0.1) is 0 Å². The van der Waals surface area contributed by atoms with Crippen molar-refractivity contribution in [2.75, 3.05) is 0 Å². The minimum absolute atomic E-state index is 0.168. The Morgan fingerprint density at radius 2 is 1.75 bits per heavy atom. The second-order valence-electron chi connectivity index (χ2n) is 5.40. The molecule has 1 spiro atoms. The first-order valence-electron chi connectivity index (χ1n) is 6.09. The van der Waals surface area contributed by atoms with Gasteiger partial charge in [-0.25, -0.2) is 0 Å². The summed E-state index contributed by atoms with van der Waals surface area (Å²) in [6.45, 7) is 8.29. The fourth-order valence-corrected chi connectivity index (χ4v) is 3.53. The molecular formula is C12H20N2OS. The summed E-state index contributed by atoms with van der Waals surface area (Å²) in [5.74, 6) is 0.229. The molecule has 1 aliphatic carbocycles. The number of hydrogen-bond acceptors (Lipinski definition) is 2. The van der Waals surface area contributed by atoms with Gasteiger partial charge >= 0.3 is 0 Å². The average Bonchev–Trinajstić information content (AvgIpc) is 2.32. The van der Waals surface area contributed by atoms with Crippen LogP contribution in [-0.4, -0.2) is 38.4 Å². The molecule has 2 fully saturated rings. The third-order valence-electron chi connectivity index (χ3n) is 3.70. The van der Waals surface area contributed by atoms with Crippen molar-refractivity contribution in [1.29, 1.82) is 0 Å². The van der Waals surface area contributed by atoms with E-state index in [0.29, 0.717) is 6.04 Å². The predicted octanol–water partition coefficient (Wildman–Crippen LogP) is 2.16. The minimum atomic E-state index is -0.282. The minimum Gasteiger partial charge on any atom is -0.332 e. The number of nitrogens with zero attached hydrogens (tertiary/aromatic N) is 2. The predicted molar refractivity (Wildman–Crippen MR) is 68.1 cm³/mol. The Kier molecular flexibility index (Phi) is 2.73. The van der Waals surface area contributed by atoms with Crippen LogP contribution in [0, 0.1) is 0 Å². The van der Waals surface area contributed by atoms with Crippen LogP contribution in [0.25, 0.3) is 0 Å². The van der Waals surface area contributed by atoms with Crippen molar-refractivity contribution in [3.8, 4) is 0 Å². The van der Waals surface area contributed by atoms with Crippen LogP contribution in [0.15, 0.2) is 0 Å². The third kappa shape index (κ3) is 1.32. The van der Waals surface area contributed by atoms with Gasteiger partial charge in [-0.15, -0.1) is 0 Å². The molecule has 0 atom stereocenters. The van der Waals surface area contributed by atoms with Gasteiger partial charge in [0.1, 0.15) is 5.54 Å². The van der Waals surface area contributed by atoms with Gasteiger partial charge in [0.15, 0.2) is 5.11 Å². The summed E-state index contributed by atoms with van der Waals surface area (Å²) in [6, 6.07) is 0.474. The molecule has 0 radical (unpaired) electrons. The van der Waals surface area contributed by atoms with E-state index in [-0.39, 0.29) is 17.5 Å². The van der Waals surface area contributed by atoms with Gasteiger partial charge in [0.2, 0.25) is 0 Å². The molecule has 0 aromatic heterocycles. The standard InChI is InChI=1S/C12H20N2OS/c1-8(2)13-10(15)12(6-5-7-12)14(9(3)4)11(13)16/h8-9H,5-7H2,1-4H3. The van der Waals surface area contributed by atoms with Crippen molar-refractivity contribution in [2.45, 2.75) is 64.6 Å².